The van der Waals surface area contributed by atoms with Crippen molar-refractivity contribution in [3.63, 3.8) is 0 Å². The van der Waals surface area contributed by atoms with E-state index in [1.807, 2.05) is 20.2 Å². The molecule has 1 heterocycles. The highest BCUT2D eigenvalue weighted by atomic mass is 19.1. The zero-order valence-electron chi connectivity index (χ0n) is 10.4. The SMILES string of the molecule is CC(N)c1ccc(OCc2cnn(C)c2)c(F)c1. The minimum absolute atomic E-state index is 0.188. The van der Waals surface area contributed by atoms with E-state index < -0.39 is 5.82 Å². The number of aryl methyl sites for hydroxylation is 1. The molecule has 1 aromatic heterocycles. The van der Waals surface area contributed by atoms with Crippen molar-refractivity contribution in [2.24, 2.45) is 12.8 Å². The van der Waals surface area contributed by atoms with Crippen molar-refractivity contribution in [1.29, 1.82) is 0 Å². The molecule has 0 aliphatic heterocycles. The number of halogens is 1. The van der Waals surface area contributed by atoms with Crippen LogP contribution in [-0.4, -0.2) is 9.78 Å². The molecule has 4 nitrogen and oxygen atoms in total. The van der Waals surface area contributed by atoms with E-state index in [4.69, 9.17) is 10.5 Å². The van der Waals surface area contributed by atoms with Gasteiger partial charge in [0.2, 0.25) is 0 Å². The molecule has 0 amide bonds. The van der Waals surface area contributed by atoms with Gasteiger partial charge in [0.1, 0.15) is 6.61 Å². The number of benzene rings is 1. The van der Waals surface area contributed by atoms with Crippen LogP contribution in [0.25, 0.3) is 0 Å². The van der Waals surface area contributed by atoms with Crippen molar-refractivity contribution in [3.8, 4) is 5.75 Å². The minimum atomic E-state index is -0.395. The summed E-state index contributed by atoms with van der Waals surface area (Å²) in [6.45, 7) is 2.10. The largest absolute Gasteiger partial charge is 0.486 e. The van der Waals surface area contributed by atoms with Crippen LogP contribution >= 0.6 is 0 Å². The van der Waals surface area contributed by atoms with Crippen LogP contribution in [0.4, 0.5) is 4.39 Å². The van der Waals surface area contributed by atoms with E-state index in [-0.39, 0.29) is 11.8 Å². The molecule has 1 atom stereocenters. The number of hydrogen-bond acceptors (Lipinski definition) is 3. The Morgan fingerprint density at radius 1 is 1.50 bits per heavy atom. The summed E-state index contributed by atoms with van der Waals surface area (Å²) in [5.41, 5.74) is 7.33. The Labute approximate surface area is 105 Å². The second kappa shape index (κ2) is 5.18. The molecule has 0 aliphatic rings. The number of aromatic nitrogens is 2. The first kappa shape index (κ1) is 12.6. The van der Waals surface area contributed by atoms with E-state index in [0.29, 0.717) is 6.61 Å². The fourth-order valence-corrected chi connectivity index (χ4v) is 1.62. The molecule has 1 unspecified atom stereocenters. The predicted octanol–water partition coefficient (Wildman–Crippen LogP) is 2.16. The van der Waals surface area contributed by atoms with Crippen LogP contribution < -0.4 is 10.5 Å². The molecular weight excluding hydrogens is 233 g/mol. The maximum atomic E-state index is 13.7. The van der Waals surface area contributed by atoms with Gasteiger partial charge in [0.05, 0.1) is 6.20 Å². The normalized spacial score (nSPS) is 12.4. The second-order valence-corrected chi connectivity index (χ2v) is 4.29. The molecule has 96 valence electrons. The molecule has 0 aliphatic carbocycles. The maximum Gasteiger partial charge on any atom is 0.165 e. The first-order chi connectivity index (χ1) is 8.56. The van der Waals surface area contributed by atoms with Gasteiger partial charge in [-0.2, -0.15) is 5.10 Å². The molecule has 2 rings (SSSR count). The Balaban J connectivity index is 2.05. The van der Waals surface area contributed by atoms with Crippen LogP contribution in [0.2, 0.25) is 0 Å². The van der Waals surface area contributed by atoms with E-state index in [1.54, 1.807) is 23.0 Å². The Kier molecular flexibility index (Phi) is 3.62. The number of rotatable bonds is 4. The van der Waals surface area contributed by atoms with Gasteiger partial charge in [0.15, 0.2) is 11.6 Å². The van der Waals surface area contributed by atoms with Gasteiger partial charge in [-0.05, 0) is 24.6 Å². The number of nitrogens with zero attached hydrogens (tertiary/aromatic N) is 2. The van der Waals surface area contributed by atoms with Gasteiger partial charge in [0.25, 0.3) is 0 Å². The van der Waals surface area contributed by atoms with Crippen molar-refractivity contribution in [2.75, 3.05) is 0 Å². The monoisotopic (exact) mass is 249 g/mol. The Morgan fingerprint density at radius 3 is 2.83 bits per heavy atom. The van der Waals surface area contributed by atoms with Gasteiger partial charge in [-0.3, -0.25) is 4.68 Å². The first-order valence-corrected chi connectivity index (χ1v) is 5.71. The molecule has 0 fully saturated rings. The summed E-state index contributed by atoms with van der Waals surface area (Å²) in [6.07, 6.45) is 3.52. The van der Waals surface area contributed by atoms with Gasteiger partial charge in [-0.25, -0.2) is 4.39 Å². The van der Waals surface area contributed by atoms with Crippen molar-refractivity contribution < 1.29 is 9.13 Å². The highest BCUT2D eigenvalue weighted by Gasteiger charge is 2.07. The molecular formula is C13H16FN3O. The Bertz CT molecular complexity index is 537. The third-order valence-corrected chi connectivity index (χ3v) is 2.63. The maximum absolute atomic E-state index is 13.7. The third kappa shape index (κ3) is 2.87. The smallest absolute Gasteiger partial charge is 0.165 e. The first-order valence-electron chi connectivity index (χ1n) is 5.71. The molecule has 2 N–H and O–H groups in total. The van der Waals surface area contributed by atoms with Gasteiger partial charge in [-0.15, -0.1) is 0 Å². The second-order valence-electron chi connectivity index (χ2n) is 4.29. The molecule has 1 aromatic carbocycles. The molecule has 0 saturated carbocycles. The summed E-state index contributed by atoms with van der Waals surface area (Å²) in [7, 11) is 1.82. The molecule has 0 radical (unpaired) electrons. The van der Waals surface area contributed by atoms with E-state index in [0.717, 1.165) is 11.1 Å². The fourth-order valence-electron chi connectivity index (χ4n) is 1.62. The van der Waals surface area contributed by atoms with E-state index in [1.165, 1.54) is 6.07 Å². The molecule has 5 heteroatoms. The number of ether oxygens (including phenoxy) is 1. The van der Waals surface area contributed by atoms with Crippen molar-refractivity contribution in [3.05, 3.63) is 47.5 Å². The fraction of sp³-hybridized carbons (Fsp3) is 0.308. The van der Waals surface area contributed by atoms with Crippen LogP contribution in [-0.2, 0) is 13.7 Å². The summed E-state index contributed by atoms with van der Waals surface area (Å²) < 4.78 is 20.8. The van der Waals surface area contributed by atoms with Crippen LogP contribution in [0, 0.1) is 5.82 Å². The van der Waals surface area contributed by atoms with Crippen LogP contribution in [0.15, 0.2) is 30.6 Å². The van der Waals surface area contributed by atoms with Crippen LogP contribution in [0.5, 0.6) is 5.75 Å². The van der Waals surface area contributed by atoms with E-state index in [9.17, 15) is 4.39 Å². The lowest BCUT2D eigenvalue weighted by Crippen LogP contribution is -2.05. The minimum Gasteiger partial charge on any atom is -0.486 e. The number of hydrogen-bond donors (Lipinski definition) is 1. The van der Waals surface area contributed by atoms with E-state index in [2.05, 4.69) is 5.10 Å². The zero-order chi connectivity index (χ0) is 13.1. The Morgan fingerprint density at radius 2 is 2.28 bits per heavy atom. The summed E-state index contributed by atoms with van der Waals surface area (Å²) in [5, 5.41) is 4.02. The lowest BCUT2D eigenvalue weighted by Gasteiger charge is -2.09. The van der Waals surface area contributed by atoms with Gasteiger partial charge in [0, 0.05) is 24.8 Å². The molecule has 0 saturated heterocycles. The Hall–Kier alpha value is -1.88. The average molecular weight is 249 g/mol. The lowest BCUT2D eigenvalue weighted by atomic mass is 10.1. The zero-order valence-corrected chi connectivity index (χ0v) is 10.4. The summed E-state index contributed by atoms with van der Waals surface area (Å²) in [4.78, 5) is 0. The third-order valence-electron chi connectivity index (χ3n) is 2.63. The molecule has 0 bridgehead atoms. The van der Waals surface area contributed by atoms with Crippen molar-refractivity contribution in [1.82, 2.24) is 9.78 Å². The highest BCUT2D eigenvalue weighted by Crippen LogP contribution is 2.21. The van der Waals surface area contributed by atoms with Crippen LogP contribution in [0.3, 0.4) is 0 Å². The lowest BCUT2D eigenvalue weighted by molar-refractivity contribution is 0.290. The number of nitrogens with two attached hydrogens (primary N) is 1. The van der Waals surface area contributed by atoms with Gasteiger partial charge in [-0.1, -0.05) is 6.07 Å². The summed E-state index contributed by atoms with van der Waals surface area (Å²) in [5.74, 6) is -0.169. The summed E-state index contributed by atoms with van der Waals surface area (Å²) in [6, 6.07) is 4.59. The predicted molar refractivity (Wildman–Crippen MR) is 66.5 cm³/mol. The molecule has 0 spiro atoms. The quantitative estimate of drug-likeness (QED) is 0.903. The van der Waals surface area contributed by atoms with E-state index >= 15 is 0 Å². The molecule has 2 aromatic rings. The standard InChI is InChI=1S/C13H16FN3O/c1-9(15)11-3-4-13(12(14)5-11)18-8-10-6-16-17(2)7-10/h3-7,9H,8,15H2,1-2H3. The van der Waals surface area contributed by atoms with Gasteiger partial charge >= 0.3 is 0 Å². The van der Waals surface area contributed by atoms with Crippen LogP contribution in [0.1, 0.15) is 24.1 Å². The van der Waals surface area contributed by atoms with Crippen molar-refractivity contribution in [2.45, 2.75) is 19.6 Å². The average Bonchev–Trinajstić information content (AvgIpc) is 2.73. The van der Waals surface area contributed by atoms with Gasteiger partial charge < -0.3 is 10.5 Å². The molecule has 18 heavy (non-hydrogen) atoms. The highest BCUT2D eigenvalue weighted by molar-refractivity contribution is 5.30. The van der Waals surface area contributed by atoms with Crippen molar-refractivity contribution >= 4 is 0 Å². The summed E-state index contributed by atoms with van der Waals surface area (Å²) >= 11 is 0. The topological polar surface area (TPSA) is 53.1 Å².